The quantitative estimate of drug-likeness (QED) is 0.598. The minimum atomic E-state index is -0.186. The lowest BCUT2D eigenvalue weighted by Crippen LogP contribution is -2.18. The summed E-state index contributed by atoms with van der Waals surface area (Å²) in [5.74, 6) is 0.594. The van der Waals surface area contributed by atoms with Crippen LogP contribution in [0, 0.1) is 6.92 Å². The SMILES string of the molecule is Cc1ccc(C(C)C(=O)Nc2cnccc2SCCCO)s1. The Hall–Kier alpha value is -1.37. The second-order valence-corrected chi connectivity index (χ2v) is 7.41. The zero-order chi connectivity index (χ0) is 15.9. The summed E-state index contributed by atoms with van der Waals surface area (Å²) in [5, 5.41) is 11.8. The highest BCUT2D eigenvalue weighted by atomic mass is 32.2. The van der Waals surface area contributed by atoms with Gasteiger partial charge in [-0.3, -0.25) is 9.78 Å². The number of hydrogen-bond donors (Lipinski definition) is 2. The van der Waals surface area contributed by atoms with Gasteiger partial charge in [-0.2, -0.15) is 0 Å². The molecule has 0 aliphatic rings. The van der Waals surface area contributed by atoms with Crippen LogP contribution in [0.1, 0.15) is 29.0 Å². The van der Waals surface area contributed by atoms with Gasteiger partial charge in [-0.15, -0.1) is 23.1 Å². The molecule has 2 aromatic rings. The highest BCUT2D eigenvalue weighted by Crippen LogP contribution is 2.29. The molecule has 0 aliphatic carbocycles. The smallest absolute Gasteiger partial charge is 0.232 e. The number of nitrogens with one attached hydrogen (secondary N) is 1. The van der Waals surface area contributed by atoms with Crippen molar-refractivity contribution in [1.29, 1.82) is 0 Å². The molecule has 0 spiro atoms. The lowest BCUT2D eigenvalue weighted by Gasteiger charge is -2.13. The van der Waals surface area contributed by atoms with Gasteiger partial charge in [-0.1, -0.05) is 0 Å². The second-order valence-electron chi connectivity index (χ2n) is 4.96. The molecule has 2 rings (SSSR count). The molecule has 2 aromatic heterocycles. The fraction of sp³-hybridized carbons (Fsp3) is 0.375. The third-order valence-electron chi connectivity index (χ3n) is 3.18. The zero-order valence-corrected chi connectivity index (χ0v) is 14.3. The Bertz CT molecular complexity index is 628. The van der Waals surface area contributed by atoms with Crippen LogP contribution in [0.15, 0.2) is 35.5 Å². The van der Waals surface area contributed by atoms with E-state index in [1.54, 1.807) is 35.5 Å². The van der Waals surface area contributed by atoms with Crippen molar-refractivity contribution in [3.63, 3.8) is 0 Å². The van der Waals surface area contributed by atoms with Crippen molar-refractivity contribution in [2.45, 2.75) is 31.1 Å². The molecular weight excluding hydrogens is 316 g/mol. The molecule has 0 saturated carbocycles. The maximum Gasteiger partial charge on any atom is 0.232 e. The Morgan fingerprint density at radius 2 is 2.27 bits per heavy atom. The first-order valence-electron chi connectivity index (χ1n) is 7.16. The number of nitrogens with zero attached hydrogens (tertiary/aromatic N) is 1. The molecule has 118 valence electrons. The van der Waals surface area contributed by atoms with Gasteiger partial charge in [0.05, 0.1) is 17.8 Å². The monoisotopic (exact) mass is 336 g/mol. The summed E-state index contributed by atoms with van der Waals surface area (Å²) < 4.78 is 0. The summed E-state index contributed by atoms with van der Waals surface area (Å²) in [4.78, 5) is 19.8. The zero-order valence-electron chi connectivity index (χ0n) is 12.7. The number of anilines is 1. The van der Waals surface area contributed by atoms with E-state index >= 15 is 0 Å². The van der Waals surface area contributed by atoms with E-state index in [9.17, 15) is 4.79 Å². The van der Waals surface area contributed by atoms with Gasteiger partial charge >= 0.3 is 0 Å². The molecule has 0 saturated heterocycles. The van der Waals surface area contributed by atoms with Gasteiger partial charge in [0, 0.05) is 33.2 Å². The van der Waals surface area contributed by atoms with Crippen LogP contribution in [0.5, 0.6) is 0 Å². The molecule has 1 unspecified atom stereocenters. The summed E-state index contributed by atoms with van der Waals surface area (Å²) >= 11 is 3.26. The number of rotatable bonds is 7. The number of aromatic nitrogens is 1. The summed E-state index contributed by atoms with van der Waals surface area (Å²) in [6, 6.07) is 5.92. The minimum Gasteiger partial charge on any atom is -0.396 e. The maximum atomic E-state index is 12.4. The van der Waals surface area contributed by atoms with Crippen molar-refractivity contribution in [2.75, 3.05) is 17.7 Å². The summed E-state index contributed by atoms with van der Waals surface area (Å²) in [5.41, 5.74) is 0.732. The predicted molar refractivity (Wildman–Crippen MR) is 92.8 cm³/mol. The van der Waals surface area contributed by atoms with E-state index in [0.717, 1.165) is 27.6 Å². The average molecular weight is 336 g/mol. The number of pyridine rings is 1. The number of aliphatic hydroxyl groups excluding tert-OH is 1. The van der Waals surface area contributed by atoms with E-state index in [1.165, 1.54) is 4.88 Å². The van der Waals surface area contributed by atoms with Gasteiger partial charge < -0.3 is 10.4 Å². The number of thioether (sulfide) groups is 1. The predicted octanol–water partition coefficient (Wildman–Crippen LogP) is 3.67. The normalized spacial score (nSPS) is 12.1. The number of aryl methyl sites for hydroxylation is 1. The van der Waals surface area contributed by atoms with Crippen molar-refractivity contribution in [3.8, 4) is 0 Å². The first-order valence-corrected chi connectivity index (χ1v) is 8.97. The third kappa shape index (κ3) is 4.56. The van der Waals surface area contributed by atoms with Crippen LogP contribution in [0.2, 0.25) is 0 Å². The van der Waals surface area contributed by atoms with Crippen molar-refractivity contribution in [1.82, 2.24) is 4.98 Å². The van der Waals surface area contributed by atoms with E-state index in [-0.39, 0.29) is 18.4 Å². The standard InChI is InChI=1S/C16H20N2O2S2/c1-11-4-5-14(22-11)12(2)16(20)18-13-10-17-7-6-15(13)21-9-3-8-19/h4-7,10,12,19H,3,8-9H2,1-2H3,(H,18,20). The number of carbonyl (C=O) groups is 1. The fourth-order valence-corrected chi connectivity index (χ4v) is 3.74. The lowest BCUT2D eigenvalue weighted by atomic mass is 10.1. The molecule has 0 radical (unpaired) electrons. The fourth-order valence-electron chi connectivity index (χ4n) is 1.90. The second kappa shape index (κ2) is 8.31. The maximum absolute atomic E-state index is 12.4. The Morgan fingerprint density at radius 1 is 1.45 bits per heavy atom. The molecule has 0 aromatic carbocycles. The van der Waals surface area contributed by atoms with Gasteiger partial charge in [0.1, 0.15) is 0 Å². The molecule has 2 heterocycles. The van der Waals surface area contributed by atoms with E-state index in [0.29, 0.717) is 0 Å². The van der Waals surface area contributed by atoms with Crippen molar-refractivity contribution in [2.24, 2.45) is 0 Å². The topological polar surface area (TPSA) is 62.2 Å². The highest BCUT2D eigenvalue weighted by Gasteiger charge is 2.18. The highest BCUT2D eigenvalue weighted by molar-refractivity contribution is 7.99. The number of aliphatic hydroxyl groups is 1. The Balaban J connectivity index is 2.04. The third-order valence-corrected chi connectivity index (χ3v) is 5.52. The first kappa shape index (κ1) is 17.0. The molecule has 0 fully saturated rings. The summed E-state index contributed by atoms with van der Waals surface area (Å²) in [7, 11) is 0. The van der Waals surface area contributed by atoms with Crippen molar-refractivity contribution >= 4 is 34.7 Å². The molecule has 1 amide bonds. The number of thiophene rings is 1. The molecule has 2 N–H and O–H groups in total. The minimum absolute atomic E-state index is 0.0288. The van der Waals surface area contributed by atoms with Crippen molar-refractivity contribution in [3.05, 3.63) is 40.3 Å². The van der Waals surface area contributed by atoms with Crippen LogP contribution in [0.3, 0.4) is 0 Å². The number of hydrogen-bond acceptors (Lipinski definition) is 5. The molecule has 22 heavy (non-hydrogen) atoms. The number of carbonyl (C=O) groups excluding carboxylic acids is 1. The molecular formula is C16H20N2O2S2. The van der Waals surface area contributed by atoms with Gasteiger partial charge in [0.2, 0.25) is 5.91 Å². The first-order chi connectivity index (χ1) is 10.6. The van der Waals surface area contributed by atoms with Crippen LogP contribution in [-0.2, 0) is 4.79 Å². The summed E-state index contributed by atoms with van der Waals surface area (Å²) in [6.07, 6.45) is 4.11. The van der Waals surface area contributed by atoms with E-state index in [2.05, 4.69) is 10.3 Å². The van der Waals surface area contributed by atoms with Crippen LogP contribution in [0.4, 0.5) is 5.69 Å². The van der Waals surface area contributed by atoms with E-state index < -0.39 is 0 Å². The molecule has 0 bridgehead atoms. The summed E-state index contributed by atoms with van der Waals surface area (Å²) in [6.45, 7) is 4.12. The van der Waals surface area contributed by atoms with Gasteiger partial charge in [-0.05, 0) is 38.5 Å². The molecule has 4 nitrogen and oxygen atoms in total. The van der Waals surface area contributed by atoms with E-state index in [4.69, 9.17) is 5.11 Å². The van der Waals surface area contributed by atoms with Gasteiger partial charge in [-0.25, -0.2) is 0 Å². The Kier molecular flexibility index (Phi) is 6.42. The molecule has 1 atom stereocenters. The van der Waals surface area contributed by atoms with Gasteiger partial charge in [0.15, 0.2) is 0 Å². The average Bonchev–Trinajstić information content (AvgIpc) is 2.95. The van der Waals surface area contributed by atoms with Crippen LogP contribution in [0.25, 0.3) is 0 Å². The van der Waals surface area contributed by atoms with Crippen LogP contribution < -0.4 is 5.32 Å². The Labute approximate surface area is 139 Å². The van der Waals surface area contributed by atoms with Crippen LogP contribution in [-0.4, -0.2) is 28.4 Å². The van der Waals surface area contributed by atoms with Crippen molar-refractivity contribution < 1.29 is 9.90 Å². The Morgan fingerprint density at radius 3 is 2.95 bits per heavy atom. The van der Waals surface area contributed by atoms with Crippen LogP contribution >= 0.6 is 23.1 Å². The largest absolute Gasteiger partial charge is 0.396 e. The number of amides is 1. The van der Waals surface area contributed by atoms with Gasteiger partial charge in [0.25, 0.3) is 0 Å². The van der Waals surface area contributed by atoms with E-state index in [1.807, 2.05) is 32.0 Å². The molecule has 6 heteroatoms. The lowest BCUT2D eigenvalue weighted by molar-refractivity contribution is -0.117. The molecule has 0 aliphatic heterocycles.